The summed E-state index contributed by atoms with van der Waals surface area (Å²) >= 11 is 0. The first-order valence-electron chi connectivity index (χ1n) is 8.27. The number of likely N-dealkylation sites (tertiary alicyclic amines) is 1. The minimum atomic E-state index is -0.942. The maximum atomic E-state index is 12.5. The summed E-state index contributed by atoms with van der Waals surface area (Å²) in [5, 5.41) is 9.49. The monoisotopic (exact) mass is 333 g/mol. The number of piperidine rings is 1. The summed E-state index contributed by atoms with van der Waals surface area (Å²) in [6, 6.07) is 1.44. The van der Waals surface area contributed by atoms with E-state index in [4.69, 9.17) is 0 Å². The Balaban J connectivity index is 1.58. The number of urea groups is 1. The van der Waals surface area contributed by atoms with Gasteiger partial charge in [-0.1, -0.05) is 0 Å². The zero-order valence-electron chi connectivity index (χ0n) is 14.0. The summed E-state index contributed by atoms with van der Waals surface area (Å²) in [7, 11) is 0. The molecule has 2 aliphatic heterocycles. The van der Waals surface area contributed by atoms with Gasteiger partial charge in [-0.3, -0.25) is 19.6 Å². The van der Waals surface area contributed by atoms with E-state index in [1.807, 2.05) is 6.07 Å². The summed E-state index contributed by atoms with van der Waals surface area (Å²) in [6.45, 7) is 4.40. The van der Waals surface area contributed by atoms with Crippen molar-refractivity contribution in [1.82, 2.24) is 25.3 Å². The second-order valence-electron chi connectivity index (χ2n) is 7.08. The van der Waals surface area contributed by atoms with Crippen LogP contribution in [0.25, 0.3) is 0 Å². The van der Waals surface area contributed by atoms with E-state index in [0.717, 1.165) is 29.9 Å². The largest absolute Gasteiger partial charge is 0.341 e. The molecule has 1 atom stereocenters. The lowest BCUT2D eigenvalue weighted by atomic mass is 9.93. The van der Waals surface area contributed by atoms with Crippen molar-refractivity contribution < 1.29 is 14.4 Å². The van der Waals surface area contributed by atoms with E-state index in [2.05, 4.69) is 15.5 Å². The third-order valence-electron chi connectivity index (χ3n) is 4.68. The molecule has 0 bridgehead atoms. The van der Waals surface area contributed by atoms with Gasteiger partial charge in [0, 0.05) is 25.0 Å². The van der Waals surface area contributed by atoms with Crippen molar-refractivity contribution in [2.75, 3.05) is 19.6 Å². The Labute approximate surface area is 140 Å². The zero-order valence-corrected chi connectivity index (χ0v) is 14.0. The minimum Gasteiger partial charge on any atom is -0.341 e. The zero-order chi connectivity index (χ0) is 17.3. The molecule has 0 unspecified atom stereocenters. The van der Waals surface area contributed by atoms with Crippen LogP contribution in [-0.2, 0) is 16.0 Å². The van der Waals surface area contributed by atoms with Crippen molar-refractivity contribution >= 4 is 17.8 Å². The number of hydrogen-bond acceptors (Lipinski definition) is 4. The molecular formula is C16H23N5O3. The smallest absolute Gasteiger partial charge is 0.325 e. The van der Waals surface area contributed by atoms with Crippen LogP contribution in [0.3, 0.4) is 0 Å². The fraction of sp³-hybridized carbons (Fsp3) is 0.625. The predicted molar refractivity (Wildman–Crippen MR) is 85.9 cm³/mol. The number of rotatable bonds is 4. The van der Waals surface area contributed by atoms with Crippen molar-refractivity contribution in [1.29, 1.82) is 0 Å². The van der Waals surface area contributed by atoms with Crippen LogP contribution in [-0.4, -0.2) is 63.0 Å². The van der Waals surface area contributed by atoms with E-state index >= 15 is 0 Å². The van der Waals surface area contributed by atoms with Gasteiger partial charge in [0.15, 0.2) is 0 Å². The van der Waals surface area contributed by atoms with Crippen LogP contribution in [0.15, 0.2) is 12.3 Å². The number of nitrogens with one attached hydrogen (secondary N) is 2. The van der Waals surface area contributed by atoms with Crippen LogP contribution >= 0.6 is 0 Å². The lowest BCUT2D eigenvalue weighted by molar-refractivity contribution is -0.139. The Kier molecular flexibility index (Phi) is 4.29. The third kappa shape index (κ3) is 3.27. The number of amides is 4. The molecular weight excluding hydrogens is 310 g/mol. The van der Waals surface area contributed by atoms with Crippen LogP contribution in [0.4, 0.5) is 4.79 Å². The highest BCUT2D eigenvalue weighted by atomic mass is 16.2. The summed E-state index contributed by atoms with van der Waals surface area (Å²) in [5.41, 5.74) is 0.118. The molecule has 3 rings (SSSR count). The van der Waals surface area contributed by atoms with Crippen molar-refractivity contribution in [3.63, 3.8) is 0 Å². The molecule has 0 spiro atoms. The molecule has 3 heterocycles. The highest BCUT2D eigenvalue weighted by molar-refractivity contribution is 6.08. The molecule has 0 aromatic carbocycles. The lowest BCUT2D eigenvalue weighted by Gasteiger charge is -2.33. The van der Waals surface area contributed by atoms with Crippen molar-refractivity contribution in [3.8, 4) is 0 Å². The molecule has 2 saturated heterocycles. The van der Waals surface area contributed by atoms with Gasteiger partial charge in [0.25, 0.3) is 5.91 Å². The highest BCUT2D eigenvalue weighted by Gasteiger charge is 2.45. The summed E-state index contributed by atoms with van der Waals surface area (Å²) in [5.74, 6) is -0.167. The van der Waals surface area contributed by atoms with Gasteiger partial charge >= 0.3 is 6.03 Å². The van der Waals surface area contributed by atoms with E-state index in [1.54, 1.807) is 24.9 Å². The quantitative estimate of drug-likeness (QED) is 0.785. The summed E-state index contributed by atoms with van der Waals surface area (Å²) < 4.78 is 0. The number of carbonyl (C=O) groups is 3. The van der Waals surface area contributed by atoms with Gasteiger partial charge in [-0.2, -0.15) is 5.10 Å². The lowest BCUT2D eigenvalue weighted by Crippen LogP contribution is -2.47. The predicted octanol–water partition coefficient (Wildman–Crippen LogP) is 0.521. The van der Waals surface area contributed by atoms with Gasteiger partial charge in [-0.25, -0.2) is 4.79 Å². The number of H-pyrrole nitrogens is 1. The van der Waals surface area contributed by atoms with E-state index in [0.29, 0.717) is 19.0 Å². The van der Waals surface area contributed by atoms with Crippen molar-refractivity contribution in [2.24, 2.45) is 5.92 Å². The SMILES string of the molecule is CC1(C)NC(=O)N(CC(=O)N2CCC[C@@H](Cc3ccn[nH]3)C2)C1=O. The van der Waals surface area contributed by atoms with Gasteiger partial charge in [-0.05, 0) is 45.1 Å². The molecule has 8 nitrogen and oxygen atoms in total. The van der Waals surface area contributed by atoms with Gasteiger partial charge < -0.3 is 10.2 Å². The molecule has 2 aliphatic rings. The third-order valence-corrected chi connectivity index (χ3v) is 4.68. The Morgan fingerprint density at radius 3 is 2.83 bits per heavy atom. The summed E-state index contributed by atoms with van der Waals surface area (Å²) in [6.07, 6.45) is 4.55. The van der Waals surface area contributed by atoms with E-state index in [-0.39, 0.29) is 18.4 Å². The molecule has 0 radical (unpaired) electrons. The van der Waals surface area contributed by atoms with Gasteiger partial charge in [0.05, 0.1) is 0 Å². The second-order valence-corrected chi connectivity index (χ2v) is 7.08. The number of carbonyl (C=O) groups excluding carboxylic acids is 3. The maximum Gasteiger partial charge on any atom is 0.325 e. The Bertz CT molecular complexity index is 640. The normalized spacial score (nSPS) is 23.5. The Morgan fingerprint density at radius 2 is 2.21 bits per heavy atom. The first kappa shape index (κ1) is 16.5. The molecule has 2 N–H and O–H groups in total. The molecule has 8 heteroatoms. The second kappa shape index (κ2) is 6.26. The first-order chi connectivity index (χ1) is 11.4. The van der Waals surface area contributed by atoms with Crippen LogP contribution in [0.5, 0.6) is 0 Å². The van der Waals surface area contributed by atoms with Gasteiger partial charge in [0.2, 0.25) is 5.91 Å². The average Bonchev–Trinajstić information content (AvgIpc) is 3.10. The first-order valence-corrected chi connectivity index (χ1v) is 8.27. The number of imide groups is 1. The molecule has 4 amide bonds. The average molecular weight is 333 g/mol. The molecule has 1 aromatic rings. The van der Waals surface area contributed by atoms with E-state index < -0.39 is 11.6 Å². The van der Waals surface area contributed by atoms with E-state index in [9.17, 15) is 14.4 Å². The van der Waals surface area contributed by atoms with Crippen LogP contribution in [0, 0.1) is 5.92 Å². The molecule has 0 saturated carbocycles. The van der Waals surface area contributed by atoms with Gasteiger partial charge in [0.1, 0.15) is 12.1 Å². The van der Waals surface area contributed by atoms with Crippen LogP contribution < -0.4 is 5.32 Å². The molecule has 1 aromatic heterocycles. The Hall–Kier alpha value is -2.38. The maximum absolute atomic E-state index is 12.5. The Morgan fingerprint density at radius 1 is 1.42 bits per heavy atom. The fourth-order valence-corrected chi connectivity index (χ4v) is 3.36. The fourth-order valence-electron chi connectivity index (χ4n) is 3.36. The van der Waals surface area contributed by atoms with Gasteiger partial charge in [-0.15, -0.1) is 0 Å². The minimum absolute atomic E-state index is 0.175. The van der Waals surface area contributed by atoms with E-state index in [1.165, 1.54) is 0 Å². The number of aromatic nitrogens is 2. The number of aromatic amines is 1. The number of nitrogens with zero attached hydrogens (tertiary/aromatic N) is 3. The van der Waals surface area contributed by atoms with Crippen molar-refractivity contribution in [2.45, 2.75) is 38.6 Å². The molecule has 24 heavy (non-hydrogen) atoms. The summed E-state index contributed by atoms with van der Waals surface area (Å²) in [4.78, 5) is 39.4. The van der Waals surface area contributed by atoms with Crippen molar-refractivity contribution in [3.05, 3.63) is 18.0 Å². The van der Waals surface area contributed by atoms with Crippen LogP contribution in [0.1, 0.15) is 32.4 Å². The highest BCUT2D eigenvalue weighted by Crippen LogP contribution is 2.21. The topological polar surface area (TPSA) is 98.4 Å². The standard InChI is InChI=1S/C16H23N5O3/c1-16(2)14(23)21(15(24)18-16)10-13(22)20-7-3-4-11(9-20)8-12-5-6-17-19-12/h5-6,11H,3-4,7-10H2,1-2H3,(H,17,19)(H,18,24)/t11-/m0/s1. The van der Waals surface area contributed by atoms with Crippen LogP contribution in [0.2, 0.25) is 0 Å². The molecule has 0 aliphatic carbocycles. The molecule has 130 valence electrons. The number of hydrogen-bond donors (Lipinski definition) is 2. The molecule has 2 fully saturated rings.